The van der Waals surface area contributed by atoms with E-state index in [9.17, 15) is 4.79 Å². The summed E-state index contributed by atoms with van der Waals surface area (Å²) in [6.45, 7) is 4.55. The first-order chi connectivity index (χ1) is 11.7. The van der Waals surface area contributed by atoms with Crippen LogP contribution in [0.4, 0.5) is 0 Å². The lowest BCUT2D eigenvalue weighted by molar-refractivity contribution is -0.121. The summed E-state index contributed by atoms with van der Waals surface area (Å²) >= 11 is 0. The van der Waals surface area contributed by atoms with E-state index in [1.807, 2.05) is 61.0 Å². The summed E-state index contributed by atoms with van der Waals surface area (Å²) in [5, 5.41) is 3.05. The van der Waals surface area contributed by atoms with Gasteiger partial charge in [-0.15, -0.1) is 0 Å². The standard InChI is InChI=1S/C20H19N3O/c1-13-7-6-10-23-16(11-21-19(13)23)12-22-20(24)18-14(2)17(18)15-8-4-3-5-9-15/h3-11,18H,12H2,1-2H3,(H,22,24)/t18-/m1/s1. The number of rotatable bonds is 4. The lowest BCUT2D eigenvalue weighted by Crippen LogP contribution is -2.26. The molecule has 0 bridgehead atoms. The van der Waals surface area contributed by atoms with Gasteiger partial charge in [0.25, 0.3) is 0 Å². The average molecular weight is 317 g/mol. The molecule has 3 aromatic rings. The first kappa shape index (κ1) is 14.7. The fraction of sp³-hybridized carbons (Fsp3) is 0.200. The van der Waals surface area contributed by atoms with Gasteiger partial charge in [0, 0.05) is 6.20 Å². The molecule has 4 heteroatoms. The number of benzene rings is 1. The number of carbonyl (C=O) groups is 1. The van der Waals surface area contributed by atoms with E-state index >= 15 is 0 Å². The van der Waals surface area contributed by atoms with Crippen LogP contribution in [-0.4, -0.2) is 15.3 Å². The minimum Gasteiger partial charge on any atom is -0.350 e. The largest absolute Gasteiger partial charge is 0.350 e. The van der Waals surface area contributed by atoms with Gasteiger partial charge in [0.1, 0.15) is 5.65 Å². The molecule has 1 aliphatic rings. The Morgan fingerprint density at radius 3 is 2.75 bits per heavy atom. The van der Waals surface area contributed by atoms with Crippen LogP contribution in [0.15, 0.2) is 60.4 Å². The van der Waals surface area contributed by atoms with Gasteiger partial charge in [0.2, 0.25) is 5.91 Å². The number of nitrogens with one attached hydrogen (secondary N) is 1. The second-order valence-electron chi connectivity index (χ2n) is 6.25. The van der Waals surface area contributed by atoms with Crippen LogP contribution in [-0.2, 0) is 11.3 Å². The van der Waals surface area contributed by atoms with Crippen LogP contribution in [0.1, 0.15) is 23.7 Å². The maximum Gasteiger partial charge on any atom is 0.232 e. The first-order valence-corrected chi connectivity index (χ1v) is 8.12. The van der Waals surface area contributed by atoms with Gasteiger partial charge < -0.3 is 9.72 Å². The van der Waals surface area contributed by atoms with Crippen molar-refractivity contribution in [3.05, 3.63) is 77.3 Å². The number of amides is 1. The van der Waals surface area contributed by atoms with E-state index < -0.39 is 0 Å². The Morgan fingerprint density at radius 1 is 1.17 bits per heavy atom. The average Bonchev–Trinajstić information content (AvgIpc) is 3.09. The maximum absolute atomic E-state index is 12.5. The molecule has 0 radical (unpaired) electrons. The maximum atomic E-state index is 12.5. The van der Waals surface area contributed by atoms with Gasteiger partial charge in [0.05, 0.1) is 24.4 Å². The zero-order chi connectivity index (χ0) is 16.7. The third-order valence-electron chi connectivity index (χ3n) is 4.66. The molecule has 2 aromatic heterocycles. The highest BCUT2D eigenvalue weighted by Crippen LogP contribution is 2.46. The normalized spacial score (nSPS) is 16.5. The molecule has 2 heterocycles. The third kappa shape index (κ3) is 2.40. The van der Waals surface area contributed by atoms with Crippen molar-refractivity contribution in [3.63, 3.8) is 0 Å². The van der Waals surface area contributed by atoms with Crippen LogP contribution in [0.3, 0.4) is 0 Å². The predicted octanol–water partition coefficient (Wildman–Crippen LogP) is 3.36. The van der Waals surface area contributed by atoms with Crippen molar-refractivity contribution in [3.8, 4) is 0 Å². The van der Waals surface area contributed by atoms with Crippen molar-refractivity contribution in [2.45, 2.75) is 20.4 Å². The molecule has 0 aliphatic heterocycles. The lowest BCUT2D eigenvalue weighted by atomic mass is 10.1. The van der Waals surface area contributed by atoms with Gasteiger partial charge in [-0.25, -0.2) is 4.98 Å². The van der Waals surface area contributed by atoms with Crippen LogP contribution in [0.2, 0.25) is 0 Å². The van der Waals surface area contributed by atoms with E-state index in [0.717, 1.165) is 33.6 Å². The van der Waals surface area contributed by atoms with Crippen molar-refractivity contribution < 1.29 is 4.79 Å². The second kappa shape index (κ2) is 5.64. The molecule has 4 nitrogen and oxygen atoms in total. The van der Waals surface area contributed by atoms with Gasteiger partial charge in [-0.05, 0) is 36.6 Å². The molecule has 1 N–H and O–H groups in total. The number of hydrogen-bond donors (Lipinski definition) is 1. The molecule has 0 unspecified atom stereocenters. The second-order valence-corrected chi connectivity index (χ2v) is 6.25. The molecule has 0 spiro atoms. The van der Waals surface area contributed by atoms with Crippen molar-refractivity contribution in [1.82, 2.24) is 14.7 Å². The van der Waals surface area contributed by atoms with Gasteiger partial charge in [-0.3, -0.25) is 4.79 Å². The summed E-state index contributed by atoms with van der Waals surface area (Å²) in [7, 11) is 0. The number of carbonyl (C=O) groups excluding carboxylic acids is 1. The fourth-order valence-corrected chi connectivity index (χ4v) is 3.28. The molecular formula is C20H19N3O. The SMILES string of the molecule is CC1=C(c2ccccc2)[C@@H]1C(=O)NCc1cnc2c(C)cccn12. The van der Waals surface area contributed by atoms with Crippen LogP contribution in [0.25, 0.3) is 11.2 Å². The highest BCUT2D eigenvalue weighted by molar-refractivity contribution is 6.05. The topological polar surface area (TPSA) is 46.4 Å². The minimum atomic E-state index is -0.0895. The van der Waals surface area contributed by atoms with Crippen molar-refractivity contribution in [1.29, 1.82) is 0 Å². The summed E-state index contributed by atoms with van der Waals surface area (Å²) in [6.07, 6.45) is 3.81. The molecule has 1 aromatic carbocycles. The van der Waals surface area contributed by atoms with Crippen molar-refractivity contribution in [2.75, 3.05) is 0 Å². The third-order valence-corrected chi connectivity index (χ3v) is 4.66. The molecule has 0 fully saturated rings. The molecule has 0 saturated heterocycles. The minimum absolute atomic E-state index is 0.0638. The van der Waals surface area contributed by atoms with Crippen LogP contribution in [0.5, 0.6) is 0 Å². The van der Waals surface area contributed by atoms with E-state index in [0.29, 0.717) is 6.54 Å². The highest BCUT2D eigenvalue weighted by Gasteiger charge is 2.39. The van der Waals surface area contributed by atoms with Crippen molar-refractivity contribution >= 4 is 17.1 Å². The zero-order valence-corrected chi connectivity index (χ0v) is 13.8. The summed E-state index contributed by atoms with van der Waals surface area (Å²) in [5.41, 5.74) is 6.51. The monoisotopic (exact) mass is 317 g/mol. The van der Waals surface area contributed by atoms with Crippen LogP contribution >= 0.6 is 0 Å². The van der Waals surface area contributed by atoms with Crippen molar-refractivity contribution in [2.24, 2.45) is 5.92 Å². The summed E-state index contributed by atoms with van der Waals surface area (Å²) in [5.74, 6) is -0.0257. The molecule has 1 amide bonds. The van der Waals surface area contributed by atoms with E-state index in [4.69, 9.17) is 0 Å². The van der Waals surface area contributed by atoms with E-state index in [2.05, 4.69) is 22.4 Å². The number of nitrogens with zero attached hydrogens (tertiary/aromatic N) is 2. The summed E-state index contributed by atoms with van der Waals surface area (Å²) in [6, 6.07) is 14.1. The van der Waals surface area contributed by atoms with Crippen LogP contribution < -0.4 is 5.32 Å². The van der Waals surface area contributed by atoms with Gasteiger partial charge in [-0.2, -0.15) is 0 Å². The number of fused-ring (bicyclic) bond motifs is 1. The number of aromatic nitrogens is 2. The molecule has 1 atom stereocenters. The number of aryl methyl sites for hydroxylation is 1. The molecule has 4 rings (SSSR count). The quantitative estimate of drug-likeness (QED) is 0.802. The smallest absolute Gasteiger partial charge is 0.232 e. The fourth-order valence-electron chi connectivity index (χ4n) is 3.28. The molecule has 24 heavy (non-hydrogen) atoms. The first-order valence-electron chi connectivity index (χ1n) is 8.12. The number of pyridine rings is 1. The Labute approximate surface area is 140 Å². The zero-order valence-electron chi connectivity index (χ0n) is 13.8. The molecular weight excluding hydrogens is 298 g/mol. The lowest BCUT2D eigenvalue weighted by Gasteiger charge is -2.06. The Hall–Kier alpha value is -2.88. The Morgan fingerprint density at radius 2 is 1.96 bits per heavy atom. The highest BCUT2D eigenvalue weighted by atomic mass is 16.2. The van der Waals surface area contributed by atoms with Gasteiger partial charge in [0.15, 0.2) is 0 Å². The summed E-state index contributed by atoms with van der Waals surface area (Å²) < 4.78 is 2.03. The number of hydrogen-bond acceptors (Lipinski definition) is 2. The van der Waals surface area contributed by atoms with Crippen LogP contribution in [0, 0.1) is 12.8 Å². The predicted molar refractivity (Wildman–Crippen MR) is 94.3 cm³/mol. The van der Waals surface area contributed by atoms with Gasteiger partial charge >= 0.3 is 0 Å². The summed E-state index contributed by atoms with van der Waals surface area (Å²) in [4.78, 5) is 17.0. The van der Waals surface area contributed by atoms with E-state index in [-0.39, 0.29) is 11.8 Å². The Kier molecular flexibility index (Phi) is 3.45. The Balaban J connectivity index is 1.45. The van der Waals surface area contributed by atoms with E-state index in [1.165, 1.54) is 0 Å². The van der Waals surface area contributed by atoms with Gasteiger partial charge in [-0.1, -0.05) is 42.0 Å². The Bertz CT molecular complexity index is 953. The number of imidazole rings is 1. The molecule has 120 valence electrons. The van der Waals surface area contributed by atoms with E-state index in [1.54, 1.807) is 0 Å². The molecule has 0 saturated carbocycles. The molecule has 1 aliphatic carbocycles.